The van der Waals surface area contributed by atoms with Gasteiger partial charge in [-0.05, 0) is 85.9 Å². The van der Waals surface area contributed by atoms with E-state index in [1.165, 1.54) is 0 Å². The standard InChI is InChI=1S/C29H46O6/c1-15(2)28(33)14-29(35-27(28,6)32)16(3)24-22(34-29)13-20-23-19(8-10-26(20,24)5)25(4)9-7-18(30)11-17(25)12-21(23)31/h15-20,22-24,30,32-33H,7-14H2,1-6H3/t16?,17?,18-,19-,20-,22-,23+,24?,25-,26-,27+,28-,29-/m0/s1. The van der Waals surface area contributed by atoms with Crippen LogP contribution in [0.5, 0.6) is 0 Å². The van der Waals surface area contributed by atoms with Gasteiger partial charge in [-0.2, -0.15) is 0 Å². The second-order valence-electron chi connectivity index (χ2n) is 14.4. The molecule has 0 bridgehead atoms. The molecule has 13 atom stereocenters. The van der Waals surface area contributed by atoms with Gasteiger partial charge in [0.25, 0.3) is 0 Å². The van der Waals surface area contributed by atoms with E-state index in [-0.39, 0.29) is 53.1 Å². The lowest BCUT2D eigenvalue weighted by Gasteiger charge is -2.60. The third-order valence-corrected chi connectivity index (χ3v) is 12.8. The van der Waals surface area contributed by atoms with Crippen LogP contribution in [0.15, 0.2) is 0 Å². The summed E-state index contributed by atoms with van der Waals surface area (Å²) >= 11 is 0. The van der Waals surface area contributed by atoms with Crippen LogP contribution in [0.2, 0.25) is 0 Å². The first kappa shape index (κ1) is 24.8. The number of hydrogen-bond donors (Lipinski definition) is 3. The smallest absolute Gasteiger partial charge is 0.195 e. The Kier molecular flexibility index (Phi) is 5.18. The Bertz CT molecular complexity index is 917. The van der Waals surface area contributed by atoms with E-state index < -0.39 is 17.2 Å². The molecule has 2 saturated heterocycles. The van der Waals surface area contributed by atoms with Gasteiger partial charge in [-0.25, -0.2) is 0 Å². The Morgan fingerprint density at radius 2 is 1.69 bits per heavy atom. The number of rotatable bonds is 1. The third-order valence-electron chi connectivity index (χ3n) is 12.8. The molecule has 6 rings (SSSR count). The highest BCUT2D eigenvalue weighted by Crippen LogP contribution is 2.72. The molecule has 198 valence electrons. The van der Waals surface area contributed by atoms with Crippen LogP contribution in [0, 0.1) is 52.3 Å². The summed E-state index contributed by atoms with van der Waals surface area (Å²) in [5.74, 6) is -1.05. The van der Waals surface area contributed by atoms with Crippen molar-refractivity contribution in [2.45, 2.75) is 122 Å². The van der Waals surface area contributed by atoms with Gasteiger partial charge in [0.15, 0.2) is 11.6 Å². The fourth-order valence-corrected chi connectivity index (χ4v) is 10.7. The van der Waals surface area contributed by atoms with E-state index in [4.69, 9.17) is 9.47 Å². The minimum Gasteiger partial charge on any atom is -0.393 e. The first-order chi connectivity index (χ1) is 16.2. The topological polar surface area (TPSA) is 96.2 Å². The number of carbonyl (C=O) groups excluding carboxylic acids is 1. The van der Waals surface area contributed by atoms with E-state index in [0.717, 1.165) is 38.5 Å². The molecule has 4 aliphatic carbocycles. The van der Waals surface area contributed by atoms with Crippen molar-refractivity contribution < 1.29 is 29.6 Å². The van der Waals surface area contributed by atoms with Crippen molar-refractivity contribution >= 4 is 5.78 Å². The highest BCUT2D eigenvalue weighted by molar-refractivity contribution is 5.83. The summed E-state index contributed by atoms with van der Waals surface area (Å²) in [6.45, 7) is 12.4. The van der Waals surface area contributed by atoms with E-state index in [1.54, 1.807) is 6.92 Å². The molecule has 1 spiro atoms. The van der Waals surface area contributed by atoms with Crippen LogP contribution in [-0.4, -0.2) is 50.5 Å². The van der Waals surface area contributed by atoms with Crippen molar-refractivity contribution in [3.05, 3.63) is 0 Å². The maximum atomic E-state index is 13.7. The van der Waals surface area contributed by atoms with Gasteiger partial charge < -0.3 is 24.8 Å². The summed E-state index contributed by atoms with van der Waals surface area (Å²) in [5, 5.41) is 32.9. The zero-order chi connectivity index (χ0) is 25.3. The second-order valence-corrected chi connectivity index (χ2v) is 14.4. The van der Waals surface area contributed by atoms with Crippen LogP contribution in [0.3, 0.4) is 0 Å². The minimum absolute atomic E-state index is 0.0180. The summed E-state index contributed by atoms with van der Waals surface area (Å²) in [4.78, 5) is 13.7. The minimum atomic E-state index is -1.67. The summed E-state index contributed by atoms with van der Waals surface area (Å²) in [6, 6.07) is 0. The average molecular weight is 491 g/mol. The van der Waals surface area contributed by atoms with Crippen molar-refractivity contribution in [1.82, 2.24) is 0 Å². The fraction of sp³-hybridized carbons (Fsp3) is 0.966. The molecule has 3 unspecified atom stereocenters. The molecule has 0 aromatic heterocycles. The van der Waals surface area contributed by atoms with Crippen molar-refractivity contribution in [2.75, 3.05) is 0 Å². The Balaban J connectivity index is 1.30. The van der Waals surface area contributed by atoms with Crippen LogP contribution >= 0.6 is 0 Å². The maximum absolute atomic E-state index is 13.7. The zero-order valence-corrected chi connectivity index (χ0v) is 22.4. The summed E-state index contributed by atoms with van der Waals surface area (Å²) in [6.07, 6.45) is 6.26. The van der Waals surface area contributed by atoms with E-state index in [9.17, 15) is 20.1 Å². The van der Waals surface area contributed by atoms with Crippen molar-refractivity contribution in [3.8, 4) is 0 Å². The molecule has 0 radical (unpaired) electrons. The van der Waals surface area contributed by atoms with Gasteiger partial charge >= 0.3 is 0 Å². The Labute approximate surface area is 210 Å². The number of hydrogen-bond acceptors (Lipinski definition) is 6. The molecule has 6 heteroatoms. The quantitative estimate of drug-likeness (QED) is 0.513. The Morgan fingerprint density at radius 1 is 1.00 bits per heavy atom. The first-order valence-corrected chi connectivity index (χ1v) is 14.2. The number of aliphatic hydroxyl groups is 3. The number of fused-ring (bicyclic) bond motifs is 7. The lowest BCUT2D eigenvalue weighted by atomic mass is 9.44. The summed E-state index contributed by atoms with van der Waals surface area (Å²) in [5.41, 5.74) is -1.24. The van der Waals surface area contributed by atoms with Gasteiger partial charge in [-0.15, -0.1) is 0 Å². The molecular formula is C29H46O6. The lowest BCUT2D eigenvalue weighted by molar-refractivity contribution is -0.326. The number of ether oxygens (including phenoxy) is 2. The van der Waals surface area contributed by atoms with E-state index in [2.05, 4.69) is 20.8 Å². The summed E-state index contributed by atoms with van der Waals surface area (Å²) in [7, 11) is 0. The van der Waals surface area contributed by atoms with Crippen molar-refractivity contribution in [2.24, 2.45) is 52.3 Å². The Morgan fingerprint density at radius 3 is 2.34 bits per heavy atom. The maximum Gasteiger partial charge on any atom is 0.195 e. The second kappa shape index (κ2) is 7.31. The largest absolute Gasteiger partial charge is 0.393 e. The van der Waals surface area contributed by atoms with Gasteiger partial charge in [0.05, 0.1) is 12.2 Å². The molecule has 6 nitrogen and oxygen atoms in total. The lowest BCUT2D eigenvalue weighted by Crippen LogP contribution is -2.57. The molecule has 0 aromatic carbocycles. The van der Waals surface area contributed by atoms with Gasteiger partial charge in [0.2, 0.25) is 0 Å². The van der Waals surface area contributed by atoms with Crippen molar-refractivity contribution in [1.29, 1.82) is 0 Å². The molecule has 6 fully saturated rings. The van der Waals surface area contributed by atoms with E-state index >= 15 is 0 Å². The summed E-state index contributed by atoms with van der Waals surface area (Å²) < 4.78 is 13.0. The zero-order valence-electron chi connectivity index (χ0n) is 22.4. The first-order valence-electron chi connectivity index (χ1n) is 14.2. The number of carbonyl (C=O) groups is 1. The number of Topliss-reactive ketones (excluding diaryl/α,β-unsaturated/α-hetero) is 1. The third kappa shape index (κ3) is 2.98. The monoisotopic (exact) mass is 490 g/mol. The highest BCUT2D eigenvalue weighted by Gasteiger charge is 2.75. The molecular weight excluding hydrogens is 444 g/mol. The molecule has 2 heterocycles. The van der Waals surface area contributed by atoms with Gasteiger partial charge in [-0.3, -0.25) is 4.79 Å². The van der Waals surface area contributed by atoms with Gasteiger partial charge in [0.1, 0.15) is 11.4 Å². The fourth-order valence-electron chi connectivity index (χ4n) is 10.7. The highest BCUT2D eigenvalue weighted by atomic mass is 16.8. The molecule has 4 saturated carbocycles. The number of ketones is 1. The normalized spacial score (nSPS) is 61.6. The molecule has 0 aromatic rings. The van der Waals surface area contributed by atoms with Crippen LogP contribution < -0.4 is 0 Å². The SMILES string of the molecule is CC1C2[C@H](C[C@H]3[C@@H]4C(=O)CC5C[C@@H](O)CC[C@]5(C)[C@H]4CC[C@]23C)O[C@]12C[C@](O)(C(C)C)[C@](C)(O)O2. The predicted molar refractivity (Wildman–Crippen MR) is 130 cm³/mol. The van der Waals surface area contributed by atoms with Crippen LogP contribution in [-0.2, 0) is 14.3 Å². The molecule has 35 heavy (non-hydrogen) atoms. The van der Waals surface area contributed by atoms with Crippen LogP contribution in [0.25, 0.3) is 0 Å². The molecule has 2 aliphatic heterocycles. The predicted octanol–water partition coefficient (Wildman–Crippen LogP) is 4.04. The van der Waals surface area contributed by atoms with Gasteiger partial charge in [-0.1, -0.05) is 34.6 Å². The molecule has 6 aliphatic rings. The van der Waals surface area contributed by atoms with E-state index in [0.29, 0.717) is 30.0 Å². The Hall–Kier alpha value is -0.530. The average Bonchev–Trinajstić information content (AvgIpc) is 3.27. The van der Waals surface area contributed by atoms with Crippen LogP contribution in [0.4, 0.5) is 0 Å². The van der Waals surface area contributed by atoms with Gasteiger partial charge in [0, 0.05) is 24.7 Å². The number of aliphatic hydroxyl groups excluding tert-OH is 1. The molecule has 0 amide bonds. The van der Waals surface area contributed by atoms with Crippen LogP contribution in [0.1, 0.15) is 92.9 Å². The van der Waals surface area contributed by atoms with Crippen molar-refractivity contribution in [3.63, 3.8) is 0 Å². The molecule has 3 N–H and O–H groups in total. The van der Waals surface area contributed by atoms with E-state index in [1.807, 2.05) is 13.8 Å².